The molecule has 1 unspecified atom stereocenters. The van der Waals surface area contributed by atoms with Gasteiger partial charge in [0.2, 0.25) is 0 Å². The maximum Gasteiger partial charge on any atom is 0.270 e. The lowest BCUT2D eigenvalue weighted by molar-refractivity contribution is -0.384. The Kier molecular flexibility index (Phi) is 2.79. The van der Waals surface area contributed by atoms with Crippen LogP contribution in [0.15, 0.2) is 42.7 Å². The molecule has 1 atom stereocenters. The first-order valence-electron chi connectivity index (χ1n) is 5.91. The van der Waals surface area contributed by atoms with Gasteiger partial charge in [0.1, 0.15) is 6.17 Å². The van der Waals surface area contributed by atoms with Crippen LogP contribution in [0, 0.1) is 10.1 Å². The Labute approximate surface area is 113 Å². The Hall–Kier alpha value is -2.96. The maximum atomic E-state index is 12.1. The van der Waals surface area contributed by atoms with Crippen molar-refractivity contribution in [2.45, 2.75) is 6.17 Å². The summed E-state index contributed by atoms with van der Waals surface area (Å²) in [4.78, 5) is 26.2. The van der Waals surface area contributed by atoms with Gasteiger partial charge in [0.05, 0.1) is 10.5 Å². The summed E-state index contributed by atoms with van der Waals surface area (Å²) in [5.74, 6) is -0.343. The van der Waals surface area contributed by atoms with E-state index in [2.05, 4.69) is 15.6 Å². The third-order valence-electron chi connectivity index (χ3n) is 3.07. The second kappa shape index (κ2) is 4.61. The molecule has 7 heteroatoms. The van der Waals surface area contributed by atoms with Crippen LogP contribution in [0.1, 0.15) is 22.1 Å². The molecule has 0 aliphatic carbocycles. The summed E-state index contributed by atoms with van der Waals surface area (Å²) in [5.41, 5.74) is 1.59. The fourth-order valence-corrected chi connectivity index (χ4v) is 2.08. The average Bonchev–Trinajstić information content (AvgIpc) is 2.47. The number of rotatable bonds is 2. The molecule has 1 aromatic carbocycles. The molecular formula is C13H10N4O3. The van der Waals surface area contributed by atoms with Crippen molar-refractivity contribution in [3.8, 4) is 0 Å². The van der Waals surface area contributed by atoms with Gasteiger partial charge in [-0.15, -0.1) is 0 Å². The minimum absolute atomic E-state index is 0.108. The van der Waals surface area contributed by atoms with Crippen LogP contribution in [0.2, 0.25) is 0 Å². The van der Waals surface area contributed by atoms with Crippen LogP contribution in [0.5, 0.6) is 0 Å². The maximum absolute atomic E-state index is 12.1. The van der Waals surface area contributed by atoms with E-state index in [1.165, 1.54) is 12.1 Å². The van der Waals surface area contributed by atoms with E-state index in [0.717, 1.165) is 5.56 Å². The van der Waals surface area contributed by atoms with E-state index in [4.69, 9.17) is 0 Å². The van der Waals surface area contributed by atoms with Crippen LogP contribution in [0.3, 0.4) is 0 Å². The summed E-state index contributed by atoms with van der Waals surface area (Å²) in [7, 11) is 0. The second-order valence-corrected chi connectivity index (χ2v) is 4.32. The first kappa shape index (κ1) is 12.1. The molecule has 0 fully saturated rings. The summed E-state index contributed by atoms with van der Waals surface area (Å²) in [5, 5.41) is 16.6. The van der Waals surface area contributed by atoms with E-state index in [1.54, 1.807) is 30.6 Å². The highest BCUT2D eigenvalue weighted by Gasteiger charge is 2.26. The Morgan fingerprint density at radius 2 is 1.90 bits per heavy atom. The number of nitrogens with one attached hydrogen (secondary N) is 2. The molecule has 0 saturated heterocycles. The number of carbonyl (C=O) groups is 1. The second-order valence-electron chi connectivity index (χ2n) is 4.32. The van der Waals surface area contributed by atoms with Crippen LogP contribution in [-0.4, -0.2) is 15.8 Å². The normalized spacial score (nSPS) is 16.8. The number of fused-ring (bicyclic) bond motifs is 1. The van der Waals surface area contributed by atoms with E-state index < -0.39 is 4.92 Å². The summed E-state index contributed by atoms with van der Waals surface area (Å²) < 4.78 is 0. The lowest BCUT2D eigenvalue weighted by Crippen LogP contribution is -2.38. The van der Waals surface area contributed by atoms with Crippen molar-refractivity contribution in [1.82, 2.24) is 10.3 Å². The summed E-state index contributed by atoms with van der Waals surface area (Å²) in [6.45, 7) is 0. The van der Waals surface area contributed by atoms with Gasteiger partial charge in [-0.25, -0.2) is 0 Å². The third kappa shape index (κ3) is 2.05. The highest BCUT2D eigenvalue weighted by Crippen LogP contribution is 2.29. The van der Waals surface area contributed by atoms with E-state index in [1.807, 2.05) is 0 Å². The number of pyridine rings is 1. The van der Waals surface area contributed by atoms with Gasteiger partial charge in [0.25, 0.3) is 11.6 Å². The van der Waals surface area contributed by atoms with Gasteiger partial charge in [-0.2, -0.15) is 0 Å². The van der Waals surface area contributed by atoms with Gasteiger partial charge < -0.3 is 10.6 Å². The molecule has 7 nitrogen and oxygen atoms in total. The molecule has 0 saturated carbocycles. The molecule has 1 aliphatic rings. The number of nitro groups is 1. The standard InChI is InChI=1S/C13H10N4O3/c18-13-10-7-9(17(19)20)1-2-11(10)15-12(16-13)8-3-5-14-6-4-8/h1-7,12,15H,(H,16,18). The predicted octanol–water partition coefficient (Wildman–Crippen LogP) is 1.84. The number of nitro benzene ring substituents is 1. The molecular weight excluding hydrogens is 260 g/mol. The molecule has 1 aromatic heterocycles. The molecule has 0 spiro atoms. The summed E-state index contributed by atoms with van der Waals surface area (Å²) in [6.07, 6.45) is 2.89. The monoisotopic (exact) mass is 270 g/mol. The van der Waals surface area contributed by atoms with E-state index in [0.29, 0.717) is 5.69 Å². The molecule has 2 N–H and O–H groups in total. The van der Waals surface area contributed by atoms with Gasteiger partial charge in [0.15, 0.2) is 0 Å². The van der Waals surface area contributed by atoms with Crippen LogP contribution in [0.4, 0.5) is 11.4 Å². The first-order chi connectivity index (χ1) is 9.65. The van der Waals surface area contributed by atoms with Crippen molar-refractivity contribution >= 4 is 17.3 Å². The van der Waals surface area contributed by atoms with Gasteiger partial charge in [-0.3, -0.25) is 19.9 Å². The molecule has 0 radical (unpaired) electrons. The van der Waals surface area contributed by atoms with Crippen LogP contribution in [0.25, 0.3) is 0 Å². The van der Waals surface area contributed by atoms with Crippen LogP contribution < -0.4 is 10.6 Å². The number of hydrogen-bond acceptors (Lipinski definition) is 5. The highest BCUT2D eigenvalue weighted by atomic mass is 16.6. The van der Waals surface area contributed by atoms with E-state index in [9.17, 15) is 14.9 Å². The molecule has 20 heavy (non-hydrogen) atoms. The zero-order valence-corrected chi connectivity index (χ0v) is 10.2. The number of aromatic nitrogens is 1. The van der Waals surface area contributed by atoms with Gasteiger partial charge >= 0.3 is 0 Å². The average molecular weight is 270 g/mol. The topological polar surface area (TPSA) is 97.2 Å². The molecule has 0 bridgehead atoms. The fourth-order valence-electron chi connectivity index (χ4n) is 2.08. The van der Waals surface area contributed by atoms with Crippen molar-refractivity contribution in [3.63, 3.8) is 0 Å². The number of amides is 1. The van der Waals surface area contributed by atoms with Crippen molar-refractivity contribution < 1.29 is 9.72 Å². The number of non-ortho nitro benzene ring substituents is 1. The Bertz CT molecular complexity index is 687. The summed E-state index contributed by atoms with van der Waals surface area (Å²) >= 11 is 0. The molecule has 1 aliphatic heterocycles. The van der Waals surface area contributed by atoms with Gasteiger partial charge in [0, 0.05) is 30.2 Å². The molecule has 100 valence electrons. The fraction of sp³-hybridized carbons (Fsp3) is 0.0769. The molecule has 3 rings (SSSR count). The van der Waals surface area contributed by atoms with Gasteiger partial charge in [-0.05, 0) is 23.8 Å². The smallest absolute Gasteiger partial charge is 0.270 e. The first-order valence-corrected chi connectivity index (χ1v) is 5.91. The minimum Gasteiger partial charge on any atom is -0.361 e. The largest absolute Gasteiger partial charge is 0.361 e. The minimum atomic E-state index is -0.525. The zero-order chi connectivity index (χ0) is 14.1. The third-order valence-corrected chi connectivity index (χ3v) is 3.07. The highest BCUT2D eigenvalue weighted by molar-refractivity contribution is 6.02. The van der Waals surface area contributed by atoms with E-state index in [-0.39, 0.29) is 23.3 Å². The summed E-state index contributed by atoms with van der Waals surface area (Å²) in [6, 6.07) is 7.75. The molecule has 1 amide bonds. The van der Waals surface area contributed by atoms with Gasteiger partial charge in [-0.1, -0.05) is 0 Å². The number of carbonyl (C=O) groups excluding carboxylic acids is 1. The van der Waals surface area contributed by atoms with E-state index >= 15 is 0 Å². The van der Waals surface area contributed by atoms with Crippen molar-refractivity contribution in [1.29, 1.82) is 0 Å². The van der Waals surface area contributed by atoms with Crippen LogP contribution >= 0.6 is 0 Å². The van der Waals surface area contributed by atoms with Crippen LogP contribution in [-0.2, 0) is 0 Å². The number of nitrogens with zero attached hydrogens (tertiary/aromatic N) is 2. The Morgan fingerprint density at radius 1 is 1.15 bits per heavy atom. The molecule has 2 heterocycles. The number of benzene rings is 1. The quantitative estimate of drug-likeness (QED) is 0.641. The van der Waals surface area contributed by atoms with Crippen molar-refractivity contribution in [3.05, 3.63) is 64.0 Å². The number of hydrogen-bond donors (Lipinski definition) is 2. The molecule has 2 aromatic rings. The Morgan fingerprint density at radius 3 is 2.60 bits per heavy atom. The zero-order valence-electron chi connectivity index (χ0n) is 10.2. The SMILES string of the molecule is O=C1NC(c2ccncc2)Nc2ccc([N+](=O)[O-])cc21. The van der Waals surface area contributed by atoms with Crippen molar-refractivity contribution in [2.24, 2.45) is 0 Å². The number of anilines is 1. The Balaban J connectivity index is 1.96. The van der Waals surface area contributed by atoms with Crippen molar-refractivity contribution in [2.75, 3.05) is 5.32 Å². The lowest BCUT2D eigenvalue weighted by Gasteiger charge is -2.27. The lowest BCUT2D eigenvalue weighted by atomic mass is 10.1. The predicted molar refractivity (Wildman–Crippen MR) is 71.2 cm³/mol.